The van der Waals surface area contributed by atoms with Crippen LogP contribution in [0.2, 0.25) is 0 Å². The van der Waals surface area contributed by atoms with Gasteiger partial charge in [-0.1, -0.05) is 30.3 Å². The lowest BCUT2D eigenvalue weighted by Gasteiger charge is -1.98. The van der Waals surface area contributed by atoms with Crippen molar-refractivity contribution in [1.82, 2.24) is 20.2 Å². The van der Waals surface area contributed by atoms with Crippen molar-refractivity contribution in [2.24, 2.45) is 4.99 Å². The van der Waals surface area contributed by atoms with Crippen LogP contribution >= 0.6 is 0 Å². The molecule has 5 nitrogen and oxygen atoms in total. The fourth-order valence-corrected chi connectivity index (χ4v) is 2.48. The number of hydrogen-bond donors (Lipinski definition) is 1. The van der Waals surface area contributed by atoms with Crippen LogP contribution in [0.5, 0.6) is 0 Å². The van der Waals surface area contributed by atoms with E-state index in [-0.39, 0.29) is 5.82 Å². The molecule has 0 aliphatic heterocycles. The number of rotatable bonds is 2. The molecule has 1 N–H and O–H groups in total. The standard InChI is InChI=1S/C18H12FN5/c19-15-9-5-4-8-13(15)16-14-10-20-11-21-18(17(14)24-23-16)22-12-6-2-1-3-7-12/h1-11H,(H,23,24). The SMILES string of the molecule is Fc1ccccc1-c1n[nH]c2c(=Nc3ccccc3)ncncc12. The molecule has 0 atom stereocenters. The zero-order valence-electron chi connectivity index (χ0n) is 12.5. The van der Waals surface area contributed by atoms with Gasteiger partial charge >= 0.3 is 0 Å². The molecule has 0 spiro atoms. The van der Waals surface area contributed by atoms with E-state index in [0.29, 0.717) is 27.6 Å². The lowest BCUT2D eigenvalue weighted by Crippen LogP contribution is -2.04. The third kappa shape index (κ3) is 2.54. The summed E-state index contributed by atoms with van der Waals surface area (Å²) in [4.78, 5) is 12.9. The largest absolute Gasteiger partial charge is 0.273 e. The molecule has 0 saturated carbocycles. The summed E-state index contributed by atoms with van der Waals surface area (Å²) in [5, 5.41) is 7.82. The van der Waals surface area contributed by atoms with Crippen molar-refractivity contribution >= 4 is 16.6 Å². The van der Waals surface area contributed by atoms with Crippen molar-refractivity contribution in [1.29, 1.82) is 0 Å². The normalized spacial score (nSPS) is 11.8. The number of aromatic amines is 1. The summed E-state index contributed by atoms with van der Waals surface area (Å²) < 4.78 is 14.1. The second-order valence-electron chi connectivity index (χ2n) is 5.13. The minimum atomic E-state index is -0.341. The van der Waals surface area contributed by atoms with Gasteiger partial charge in [0.05, 0.1) is 5.69 Å². The Bertz CT molecular complexity index is 1070. The van der Waals surface area contributed by atoms with Gasteiger partial charge < -0.3 is 0 Å². The maximum absolute atomic E-state index is 14.1. The van der Waals surface area contributed by atoms with Crippen LogP contribution in [-0.4, -0.2) is 20.2 Å². The molecule has 0 aliphatic rings. The molecule has 0 bridgehead atoms. The molecule has 6 heteroatoms. The van der Waals surface area contributed by atoms with Gasteiger partial charge in [-0.3, -0.25) is 5.10 Å². The number of H-pyrrole nitrogens is 1. The number of aromatic nitrogens is 4. The summed E-state index contributed by atoms with van der Waals surface area (Å²) in [7, 11) is 0. The minimum Gasteiger partial charge on any atom is -0.273 e. The van der Waals surface area contributed by atoms with Crippen molar-refractivity contribution in [3.05, 3.63) is 78.4 Å². The molecule has 2 aromatic heterocycles. The zero-order chi connectivity index (χ0) is 16.4. The first-order valence-corrected chi connectivity index (χ1v) is 7.36. The van der Waals surface area contributed by atoms with Gasteiger partial charge in [-0.2, -0.15) is 5.10 Å². The highest BCUT2D eigenvalue weighted by atomic mass is 19.1. The highest BCUT2D eigenvalue weighted by molar-refractivity contribution is 5.91. The number of hydrogen-bond acceptors (Lipinski definition) is 4. The van der Waals surface area contributed by atoms with Gasteiger partial charge in [-0.05, 0) is 24.3 Å². The molecule has 116 valence electrons. The van der Waals surface area contributed by atoms with Crippen LogP contribution in [0.3, 0.4) is 0 Å². The Balaban J connectivity index is 2.00. The van der Waals surface area contributed by atoms with Gasteiger partial charge in [0.1, 0.15) is 23.4 Å². The summed E-state index contributed by atoms with van der Waals surface area (Å²) in [6.07, 6.45) is 3.03. The summed E-state index contributed by atoms with van der Waals surface area (Å²) in [5.74, 6) is -0.341. The molecule has 4 aromatic rings. The quantitative estimate of drug-likeness (QED) is 0.616. The Morgan fingerprint density at radius 1 is 0.958 bits per heavy atom. The Morgan fingerprint density at radius 2 is 1.75 bits per heavy atom. The first-order valence-electron chi connectivity index (χ1n) is 7.36. The zero-order valence-corrected chi connectivity index (χ0v) is 12.5. The van der Waals surface area contributed by atoms with Crippen LogP contribution in [0.15, 0.2) is 72.1 Å². The predicted octanol–water partition coefficient (Wildman–Crippen LogP) is 3.39. The third-order valence-corrected chi connectivity index (χ3v) is 3.60. The van der Waals surface area contributed by atoms with E-state index in [1.165, 1.54) is 12.4 Å². The summed E-state index contributed by atoms with van der Waals surface area (Å²) >= 11 is 0. The maximum Gasteiger partial charge on any atom is 0.180 e. The average molecular weight is 317 g/mol. The van der Waals surface area contributed by atoms with Crippen LogP contribution in [0.25, 0.3) is 22.2 Å². The highest BCUT2D eigenvalue weighted by Crippen LogP contribution is 2.26. The molecule has 0 amide bonds. The molecule has 0 unspecified atom stereocenters. The van der Waals surface area contributed by atoms with Crippen molar-refractivity contribution in [3.8, 4) is 11.3 Å². The van der Waals surface area contributed by atoms with Crippen LogP contribution in [0.1, 0.15) is 0 Å². The lowest BCUT2D eigenvalue weighted by molar-refractivity contribution is 0.631. The van der Waals surface area contributed by atoms with Gasteiger partial charge in [0.2, 0.25) is 0 Å². The number of fused-ring (bicyclic) bond motifs is 1. The van der Waals surface area contributed by atoms with E-state index in [1.54, 1.807) is 24.4 Å². The van der Waals surface area contributed by atoms with E-state index >= 15 is 0 Å². The van der Waals surface area contributed by atoms with Gasteiger partial charge in [0.15, 0.2) is 5.49 Å². The Hall–Kier alpha value is -3.41. The second kappa shape index (κ2) is 6.00. The third-order valence-electron chi connectivity index (χ3n) is 3.60. The number of nitrogens with one attached hydrogen (secondary N) is 1. The van der Waals surface area contributed by atoms with Crippen LogP contribution < -0.4 is 5.49 Å². The fraction of sp³-hybridized carbons (Fsp3) is 0. The van der Waals surface area contributed by atoms with Crippen LogP contribution in [0, 0.1) is 5.82 Å². The molecule has 2 aromatic carbocycles. The number of benzene rings is 2. The molecule has 4 rings (SSSR count). The number of para-hydroxylation sites is 1. The average Bonchev–Trinajstić information content (AvgIpc) is 2.92. The molecular weight excluding hydrogens is 305 g/mol. The lowest BCUT2D eigenvalue weighted by atomic mass is 10.1. The first kappa shape index (κ1) is 14.2. The number of halogens is 1. The second-order valence-corrected chi connectivity index (χ2v) is 5.13. The van der Waals surface area contributed by atoms with Crippen molar-refractivity contribution in [2.75, 3.05) is 0 Å². The smallest absolute Gasteiger partial charge is 0.180 e. The fourth-order valence-electron chi connectivity index (χ4n) is 2.48. The van der Waals surface area contributed by atoms with E-state index in [4.69, 9.17) is 0 Å². The van der Waals surface area contributed by atoms with E-state index in [9.17, 15) is 4.39 Å². The molecule has 0 saturated heterocycles. The van der Waals surface area contributed by atoms with Crippen LogP contribution in [-0.2, 0) is 0 Å². The van der Waals surface area contributed by atoms with E-state index in [0.717, 1.165) is 5.69 Å². The topological polar surface area (TPSA) is 66.8 Å². The Morgan fingerprint density at radius 3 is 2.58 bits per heavy atom. The number of nitrogens with zero attached hydrogens (tertiary/aromatic N) is 4. The van der Waals surface area contributed by atoms with Gasteiger partial charge in [-0.15, -0.1) is 0 Å². The predicted molar refractivity (Wildman–Crippen MR) is 88.7 cm³/mol. The molecule has 24 heavy (non-hydrogen) atoms. The van der Waals surface area contributed by atoms with Crippen molar-refractivity contribution in [2.45, 2.75) is 0 Å². The summed E-state index contributed by atoms with van der Waals surface area (Å²) in [6, 6.07) is 16.0. The van der Waals surface area contributed by atoms with Crippen molar-refractivity contribution in [3.63, 3.8) is 0 Å². The van der Waals surface area contributed by atoms with Gasteiger partial charge in [-0.25, -0.2) is 19.4 Å². The molecule has 0 aliphatic carbocycles. The monoisotopic (exact) mass is 317 g/mol. The summed E-state index contributed by atoms with van der Waals surface area (Å²) in [6.45, 7) is 0. The molecule has 2 heterocycles. The van der Waals surface area contributed by atoms with E-state index < -0.39 is 0 Å². The maximum atomic E-state index is 14.1. The van der Waals surface area contributed by atoms with E-state index in [2.05, 4.69) is 25.2 Å². The molecular formula is C18H12FN5. The van der Waals surface area contributed by atoms with Crippen LogP contribution in [0.4, 0.5) is 10.1 Å². The van der Waals surface area contributed by atoms with Gasteiger partial charge in [0, 0.05) is 17.1 Å². The molecule has 0 radical (unpaired) electrons. The Kier molecular flexibility index (Phi) is 3.55. The minimum absolute atomic E-state index is 0.341. The van der Waals surface area contributed by atoms with Crippen molar-refractivity contribution < 1.29 is 4.39 Å². The van der Waals surface area contributed by atoms with E-state index in [1.807, 2.05) is 30.3 Å². The first-order chi connectivity index (χ1) is 11.8. The summed E-state index contributed by atoms with van der Waals surface area (Å²) in [5.41, 5.74) is 2.71. The van der Waals surface area contributed by atoms with Gasteiger partial charge in [0.25, 0.3) is 0 Å². The molecule has 0 fully saturated rings. The Labute approximate surface area is 136 Å². The highest BCUT2D eigenvalue weighted by Gasteiger charge is 2.12.